The molecule has 0 N–H and O–H groups in total. The zero-order valence-electron chi connectivity index (χ0n) is 11.6. The Kier molecular flexibility index (Phi) is 4.39. The highest BCUT2D eigenvalue weighted by molar-refractivity contribution is 7.90. The number of hydrogen-bond donors (Lipinski definition) is 0. The fourth-order valence-corrected chi connectivity index (χ4v) is 3.30. The second-order valence-electron chi connectivity index (χ2n) is 5.26. The lowest BCUT2D eigenvalue weighted by Crippen LogP contribution is -2.42. The Morgan fingerprint density at radius 3 is 2.65 bits per heavy atom. The smallest absolute Gasteiger partial charge is 0.255 e. The zero-order chi connectivity index (χ0) is 14.9. The van der Waals surface area contributed by atoms with E-state index in [1.165, 1.54) is 18.2 Å². The molecule has 1 atom stereocenters. The SMILES string of the molecule is C[C@@H]1CCCCN1C(=O)c1cc(S(C)(=O)=O)ccc1Cl. The molecule has 6 heteroatoms. The second kappa shape index (κ2) is 5.74. The molecule has 1 aromatic rings. The van der Waals surface area contributed by atoms with Crippen LogP contribution in [0, 0.1) is 0 Å². The molecule has 0 bridgehead atoms. The lowest BCUT2D eigenvalue weighted by atomic mass is 10.0. The summed E-state index contributed by atoms with van der Waals surface area (Å²) in [6.07, 6.45) is 4.17. The highest BCUT2D eigenvalue weighted by Gasteiger charge is 2.26. The molecule has 1 aliphatic rings. The van der Waals surface area contributed by atoms with E-state index in [1.54, 1.807) is 4.90 Å². The fraction of sp³-hybridized carbons (Fsp3) is 0.500. The second-order valence-corrected chi connectivity index (χ2v) is 7.68. The maximum absolute atomic E-state index is 12.6. The average Bonchev–Trinajstić information content (AvgIpc) is 2.37. The van der Waals surface area contributed by atoms with Crippen LogP contribution >= 0.6 is 11.6 Å². The van der Waals surface area contributed by atoms with Crippen LogP contribution in [0.1, 0.15) is 36.5 Å². The average molecular weight is 316 g/mol. The molecule has 0 aromatic heterocycles. The Balaban J connectivity index is 2.38. The Morgan fingerprint density at radius 1 is 1.35 bits per heavy atom. The van der Waals surface area contributed by atoms with E-state index in [2.05, 4.69) is 0 Å². The van der Waals surface area contributed by atoms with Crippen molar-refractivity contribution in [2.75, 3.05) is 12.8 Å². The van der Waals surface area contributed by atoms with E-state index in [-0.39, 0.29) is 22.4 Å². The minimum absolute atomic E-state index is 0.120. The molecule has 110 valence electrons. The molecule has 0 aliphatic carbocycles. The minimum Gasteiger partial charge on any atom is -0.336 e. The number of benzene rings is 1. The van der Waals surface area contributed by atoms with E-state index in [4.69, 9.17) is 11.6 Å². The summed E-state index contributed by atoms with van der Waals surface area (Å²) in [5, 5.41) is 0.292. The molecule has 1 fully saturated rings. The first kappa shape index (κ1) is 15.3. The van der Waals surface area contributed by atoms with Crippen molar-refractivity contribution >= 4 is 27.3 Å². The van der Waals surface area contributed by atoms with Gasteiger partial charge >= 0.3 is 0 Å². The van der Waals surface area contributed by atoms with Crippen LogP contribution < -0.4 is 0 Å². The van der Waals surface area contributed by atoms with Gasteiger partial charge in [0.05, 0.1) is 15.5 Å². The summed E-state index contributed by atoms with van der Waals surface area (Å²) in [7, 11) is -3.35. The minimum atomic E-state index is -3.35. The number of halogens is 1. The molecular formula is C14H18ClNO3S. The van der Waals surface area contributed by atoms with Crippen LogP contribution in [0.3, 0.4) is 0 Å². The van der Waals surface area contributed by atoms with E-state index in [0.717, 1.165) is 25.5 Å². The molecule has 20 heavy (non-hydrogen) atoms. The van der Waals surface area contributed by atoms with Crippen LogP contribution in [-0.4, -0.2) is 38.1 Å². The maximum atomic E-state index is 12.6. The van der Waals surface area contributed by atoms with Gasteiger partial charge < -0.3 is 4.90 Å². The first-order valence-corrected chi connectivity index (χ1v) is 8.88. The summed E-state index contributed by atoms with van der Waals surface area (Å²) >= 11 is 6.07. The van der Waals surface area contributed by atoms with E-state index < -0.39 is 9.84 Å². The van der Waals surface area contributed by atoms with Gasteiger partial charge in [0.25, 0.3) is 5.91 Å². The standard InChI is InChI=1S/C14H18ClNO3S/c1-10-5-3-4-8-16(10)14(17)12-9-11(20(2,18)19)6-7-13(12)15/h6-7,9-10H,3-5,8H2,1-2H3/t10-/m1/s1. The Hall–Kier alpha value is -1.07. The fourth-order valence-electron chi connectivity index (χ4n) is 2.45. The van der Waals surface area contributed by atoms with Gasteiger partial charge in [-0.25, -0.2) is 8.42 Å². The number of piperidine rings is 1. The van der Waals surface area contributed by atoms with Crippen molar-refractivity contribution in [1.29, 1.82) is 0 Å². The Morgan fingerprint density at radius 2 is 2.05 bits per heavy atom. The van der Waals surface area contributed by atoms with E-state index in [0.29, 0.717) is 11.6 Å². The van der Waals surface area contributed by atoms with Crippen molar-refractivity contribution in [3.63, 3.8) is 0 Å². The summed E-state index contributed by atoms with van der Waals surface area (Å²) < 4.78 is 23.2. The topological polar surface area (TPSA) is 54.5 Å². The van der Waals surface area contributed by atoms with Crippen LogP contribution in [0.2, 0.25) is 5.02 Å². The van der Waals surface area contributed by atoms with Crippen LogP contribution in [0.4, 0.5) is 0 Å². The van der Waals surface area contributed by atoms with Crippen molar-refractivity contribution in [3.05, 3.63) is 28.8 Å². The van der Waals surface area contributed by atoms with Gasteiger partial charge in [-0.05, 0) is 44.4 Å². The molecule has 1 heterocycles. The third-order valence-corrected chi connectivity index (χ3v) is 5.10. The van der Waals surface area contributed by atoms with Gasteiger partial charge in [-0.2, -0.15) is 0 Å². The number of rotatable bonds is 2. The number of hydrogen-bond acceptors (Lipinski definition) is 3. The molecule has 1 aliphatic heterocycles. The maximum Gasteiger partial charge on any atom is 0.255 e. The molecule has 0 spiro atoms. The van der Waals surface area contributed by atoms with Crippen LogP contribution in [0.5, 0.6) is 0 Å². The van der Waals surface area contributed by atoms with Crippen molar-refractivity contribution in [2.24, 2.45) is 0 Å². The third kappa shape index (κ3) is 3.15. The third-order valence-electron chi connectivity index (χ3n) is 3.66. The number of nitrogens with zero attached hydrogens (tertiary/aromatic N) is 1. The molecule has 0 unspecified atom stereocenters. The Labute approximate surface area is 124 Å². The molecule has 0 saturated carbocycles. The van der Waals surface area contributed by atoms with Crippen LogP contribution in [0.15, 0.2) is 23.1 Å². The summed E-state index contributed by atoms with van der Waals surface area (Å²) in [5.41, 5.74) is 0.267. The summed E-state index contributed by atoms with van der Waals surface area (Å²) in [4.78, 5) is 14.5. The molecule has 4 nitrogen and oxygen atoms in total. The normalized spacial score (nSPS) is 19.9. The number of amides is 1. The number of sulfone groups is 1. The highest BCUT2D eigenvalue weighted by atomic mass is 35.5. The van der Waals surface area contributed by atoms with E-state index in [9.17, 15) is 13.2 Å². The van der Waals surface area contributed by atoms with Gasteiger partial charge in [-0.15, -0.1) is 0 Å². The number of carbonyl (C=O) groups excluding carboxylic acids is 1. The molecule has 1 saturated heterocycles. The first-order chi connectivity index (χ1) is 9.30. The largest absolute Gasteiger partial charge is 0.336 e. The molecule has 2 rings (SSSR count). The summed E-state index contributed by atoms with van der Waals surface area (Å²) in [6, 6.07) is 4.43. The van der Waals surface area contributed by atoms with Crippen molar-refractivity contribution in [3.8, 4) is 0 Å². The highest BCUT2D eigenvalue weighted by Crippen LogP contribution is 2.25. The molecule has 1 amide bonds. The first-order valence-electron chi connectivity index (χ1n) is 6.61. The quantitative estimate of drug-likeness (QED) is 0.843. The lowest BCUT2D eigenvalue weighted by molar-refractivity contribution is 0.0635. The predicted octanol–water partition coefficient (Wildman–Crippen LogP) is 2.76. The monoisotopic (exact) mass is 315 g/mol. The molecule has 0 radical (unpaired) electrons. The van der Waals surface area contributed by atoms with Gasteiger partial charge in [-0.3, -0.25) is 4.79 Å². The van der Waals surface area contributed by atoms with Gasteiger partial charge in [0.2, 0.25) is 0 Å². The van der Waals surface area contributed by atoms with E-state index >= 15 is 0 Å². The number of likely N-dealkylation sites (tertiary alicyclic amines) is 1. The van der Waals surface area contributed by atoms with Crippen LogP contribution in [-0.2, 0) is 9.84 Å². The van der Waals surface area contributed by atoms with Crippen molar-refractivity contribution in [1.82, 2.24) is 4.90 Å². The number of carbonyl (C=O) groups is 1. The summed E-state index contributed by atoms with van der Waals surface area (Å²) in [6.45, 7) is 2.70. The van der Waals surface area contributed by atoms with E-state index in [1.807, 2.05) is 6.92 Å². The summed E-state index contributed by atoms with van der Waals surface area (Å²) in [5.74, 6) is -0.187. The lowest BCUT2D eigenvalue weighted by Gasteiger charge is -2.33. The Bertz CT molecular complexity index is 627. The van der Waals surface area contributed by atoms with Crippen molar-refractivity contribution in [2.45, 2.75) is 37.1 Å². The molecular weight excluding hydrogens is 298 g/mol. The van der Waals surface area contributed by atoms with Gasteiger partial charge in [0, 0.05) is 18.8 Å². The van der Waals surface area contributed by atoms with Crippen molar-refractivity contribution < 1.29 is 13.2 Å². The van der Waals surface area contributed by atoms with Gasteiger partial charge in [0.15, 0.2) is 9.84 Å². The predicted molar refractivity (Wildman–Crippen MR) is 78.9 cm³/mol. The molecule has 1 aromatic carbocycles. The van der Waals surface area contributed by atoms with Gasteiger partial charge in [0.1, 0.15) is 0 Å². The van der Waals surface area contributed by atoms with Crippen LogP contribution in [0.25, 0.3) is 0 Å². The van der Waals surface area contributed by atoms with Gasteiger partial charge in [-0.1, -0.05) is 11.6 Å². The zero-order valence-corrected chi connectivity index (χ0v) is 13.2.